The minimum absolute atomic E-state index is 0.0898. The average Bonchev–Trinajstić information content (AvgIpc) is 2.39. The first-order valence-corrected chi connectivity index (χ1v) is 6.40. The fourth-order valence-corrected chi connectivity index (χ4v) is 1.55. The normalized spacial score (nSPS) is 11.7. The van der Waals surface area contributed by atoms with Gasteiger partial charge >= 0.3 is 5.97 Å². The summed E-state index contributed by atoms with van der Waals surface area (Å²) in [4.78, 5) is 22.2. The summed E-state index contributed by atoms with van der Waals surface area (Å²) in [6.45, 7) is 1.96. The number of amides is 1. The van der Waals surface area contributed by atoms with Gasteiger partial charge in [0.2, 0.25) is 5.91 Å². The van der Waals surface area contributed by atoms with Crippen molar-refractivity contribution in [2.75, 3.05) is 13.2 Å². The second kappa shape index (κ2) is 8.14. The lowest BCUT2D eigenvalue weighted by Gasteiger charge is -2.11. The van der Waals surface area contributed by atoms with Gasteiger partial charge in [0.15, 0.2) is 0 Å². The molecule has 1 unspecified atom stereocenters. The molecule has 1 aromatic carbocycles. The molecule has 0 fully saturated rings. The molecule has 0 aliphatic rings. The van der Waals surface area contributed by atoms with Crippen LogP contribution >= 0.6 is 0 Å². The van der Waals surface area contributed by atoms with E-state index in [1.165, 1.54) is 18.2 Å². The summed E-state index contributed by atoms with van der Waals surface area (Å²) >= 11 is 0. The monoisotopic (exact) mass is 283 g/mol. The van der Waals surface area contributed by atoms with Crippen LogP contribution in [0.25, 0.3) is 0 Å². The smallest absolute Gasteiger partial charge is 0.308 e. The number of carboxylic acids is 1. The van der Waals surface area contributed by atoms with E-state index in [0.29, 0.717) is 12.2 Å². The minimum atomic E-state index is -0.927. The number of carboxylic acid groups (broad SMARTS) is 1. The van der Waals surface area contributed by atoms with Crippen LogP contribution in [0.1, 0.15) is 19.8 Å². The van der Waals surface area contributed by atoms with Gasteiger partial charge in [-0.2, -0.15) is 0 Å². The van der Waals surface area contributed by atoms with Gasteiger partial charge in [-0.15, -0.1) is 0 Å². The predicted molar refractivity (Wildman–Crippen MR) is 70.9 cm³/mol. The van der Waals surface area contributed by atoms with Crippen molar-refractivity contribution in [3.05, 3.63) is 30.1 Å². The molecule has 2 N–H and O–H groups in total. The van der Waals surface area contributed by atoms with Gasteiger partial charge in [0.25, 0.3) is 0 Å². The molecule has 0 aromatic heterocycles. The van der Waals surface area contributed by atoms with Crippen molar-refractivity contribution in [2.24, 2.45) is 5.92 Å². The molecule has 6 heteroatoms. The summed E-state index contributed by atoms with van der Waals surface area (Å²) in [5.41, 5.74) is 0. The number of benzene rings is 1. The SMILES string of the molecule is CCC(CNC(=O)CCOc1cccc(F)c1)C(=O)O. The largest absolute Gasteiger partial charge is 0.493 e. The van der Waals surface area contributed by atoms with Crippen LogP contribution in [0.15, 0.2) is 24.3 Å². The Labute approximate surface area is 116 Å². The summed E-state index contributed by atoms with van der Waals surface area (Å²) in [7, 11) is 0. The van der Waals surface area contributed by atoms with Gasteiger partial charge in [0.1, 0.15) is 11.6 Å². The van der Waals surface area contributed by atoms with Crippen molar-refractivity contribution >= 4 is 11.9 Å². The lowest BCUT2D eigenvalue weighted by Crippen LogP contribution is -2.33. The molecular weight excluding hydrogens is 265 g/mol. The molecule has 0 saturated heterocycles. The zero-order valence-electron chi connectivity index (χ0n) is 11.3. The van der Waals surface area contributed by atoms with Crippen LogP contribution in [0.4, 0.5) is 4.39 Å². The second-order valence-corrected chi connectivity index (χ2v) is 4.30. The van der Waals surface area contributed by atoms with Gasteiger partial charge in [-0.3, -0.25) is 9.59 Å². The molecule has 0 bridgehead atoms. The third-order valence-corrected chi connectivity index (χ3v) is 2.78. The number of carbonyl (C=O) groups excluding carboxylic acids is 1. The van der Waals surface area contributed by atoms with Crippen molar-refractivity contribution in [1.82, 2.24) is 5.32 Å². The molecule has 0 aliphatic heterocycles. The van der Waals surface area contributed by atoms with Crippen LogP contribution in [-0.2, 0) is 9.59 Å². The minimum Gasteiger partial charge on any atom is -0.493 e. The van der Waals surface area contributed by atoms with Crippen LogP contribution in [0.2, 0.25) is 0 Å². The lowest BCUT2D eigenvalue weighted by molar-refractivity contribution is -0.141. The Morgan fingerprint density at radius 3 is 2.80 bits per heavy atom. The van der Waals surface area contributed by atoms with E-state index in [-0.39, 0.29) is 25.5 Å². The maximum atomic E-state index is 12.9. The Morgan fingerprint density at radius 1 is 1.45 bits per heavy atom. The number of ether oxygens (including phenoxy) is 1. The molecule has 0 aliphatic carbocycles. The van der Waals surface area contributed by atoms with Gasteiger partial charge in [0, 0.05) is 12.6 Å². The first-order chi connectivity index (χ1) is 9.52. The summed E-state index contributed by atoms with van der Waals surface area (Å²) in [6, 6.07) is 5.65. The highest BCUT2D eigenvalue weighted by molar-refractivity contribution is 5.77. The van der Waals surface area contributed by atoms with Crippen molar-refractivity contribution in [3.8, 4) is 5.75 Å². The zero-order valence-corrected chi connectivity index (χ0v) is 11.3. The fourth-order valence-electron chi connectivity index (χ4n) is 1.55. The maximum absolute atomic E-state index is 12.9. The summed E-state index contributed by atoms with van der Waals surface area (Å²) in [5, 5.41) is 11.4. The number of rotatable bonds is 8. The molecule has 0 saturated carbocycles. The van der Waals surface area contributed by atoms with E-state index in [1.54, 1.807) is 13.0 Å². The van der Waals surface area contributed by atoms with Gasteiger partial charge in [0.05, 0.1) is 18.9 Å². The third kappa shape index (κ3) is 5.69. The Morgan fingerprint density at radius 2 is 2.20 bits per heavy atom. The van der Waals surface area contributed by atoms with E-state index < -0.39 is 17.7 Å². The Bertz CT molecular complexity index is 464. The molecule has 110 valence electrons. The Kier molecular flexibility index (Phi) is 6.49. The maximum Gasteiger partial charge on any atom is 0.308 e. The number of carbonyl (C=O) groups is 2. The molecule has 1 rings (SSSR count). The average molecular weight is 283 g/mol. The van der Waals surface area contributed by atoms with Crippen LogP contribution < -0.4 is 10.1 Å². The predicted octanol–water partition coefficient (Wildman–Crippen LogP) is 1.82. The molecule has 1 atom stereocenters. The van der Waals surface area contributed by atoms with E-state index in [2.05, 4.69) is 5.32 Å². The van der Waals surface area contributed by atoms with E-state index in [1.807, 2.05) is 0 Å². The Balaban J connectivity index is 2.25. The fraction of sp³-hybridized carbons (Fsp3) is 0.429. The number of aliphatic carboxylic acids is 1. The van der Waals surface area contributed by atoms with E-state index in [4.69, 9.17) is 9.84 Å². The van der Waals surface area contributed by atoms with E-state index in [9.17, 15) is 14.0 Å². The molecular formula is C14H18FNO4. The Hall–Kier alpha value is -2.11. The van der Waals surface area contributed by atoms with Gasteiger partial charge in [-0.25, -0.2) is 4.39 Å². The van der Waals surface area contributed by atoms with Crippen LogP contribution in [-0.4, -0.2) is 30.1 Å². The highest BCUT2D eigenvalue weighted by Gasteiger charge is 2.15. The molecule has 1 aromatic rings. The first-order valence-electron chi connectivity index (χ1n) is 6.40. The zero-order chi connectivity index (χ0) is 15.0. The van der Waals surface area contributed by atoms with E-state index >= 15 is 0 Å². The van der Waals surface area contributed by atoms with Crippen molar-refractivity contribution in [3.63, 3.8) is 0 Å². The van der Waals surface area contributed by atoms with E-state index in [0.717, 1.165) is 0 Å². The molecule has 0 heterocycles. The van der Waals surface area contributed by atoms with Gasteiger partial charge in [-0.05, 0) is 18.6 Å². The number of hydrogen-bond acceptors (Lipinski definition) is 3. The van der Waals surface area contributed by atoms with Gasteiger partial charge < -0.3 is 15.2 Å². The number of hydrogen-bond donors (Lipinski definition) is 2. The van der Waals surface area contributed by atoms with Crippen LogP contribution in [0, 0.1) is 11.7 Å². The van der Waals surface area contributed by atoms with Crippen LogP contribution in [0.3, 0.4) is 0 Å². The van der Waals surface area contributed by atoms with Crippen molar-refractivity contribution in [2.45, 2.75) is 19.8 Å². The standard InChI is InChI=1S/C14H18FNO4/c1-2-10(14(18)19)9-16-13(17)6-7-20-12-5-3-4-11(15)8-12/h3-5,8,10H,2,6-7,9H2,1H3,(H,16,17)(H,18,19). The lowest BCUT2D eigenvalue weighted by atomic mass is 10.1. The molecule has 20 heavy (non-hydrogen) atoms. The summed E-state index contributed by atoms with van der Waals surface area (Å²) in [5.74, 6) is -1.85. The molecule has 0 spiro atoms. The summed E-state index contributed by atoms with van der Waals surface area (Å²) in [6.07, 6.45) is 0.544. The van der Waals surface area contributed by atoms with Crippen molar-refractivity contribution < 1.29 is 23.8 Å². The summed E-state index contributed by atoms with van der Waals surface area (Å²) < 4.78 is 18.1. The third-order valence-electron chi connectivity index (χ3n) is 2.78. The molecule has 5 nitrogen and oxygen atoms in total. The van der Waals surface area contributed by atoms with Gasteiger partial charge in [-0.1, -0.05) is 13.0 Å². The first kappa shape index (κ1) is 15.9. The number of halogens is 1. The molecule has 1 amide bonds. The highest BCUT2D eigenvalue weighted by atomic mass is 19.1. The molecule has 0 radical (unpaired) electrons. The topological polar surface area (TPSA) is 75.6 Å². The second-order valence-electron chi connectivity index (χ2n) is 4.30. The van der Waals surface area contributed by atoms with Crippen LogP contribution in [0.5, 0.6) is 5.75 Å². The number of nitrogens with one attached hydrogen (secondary N) is 1. The van der Waals surface area contributed by atoms with Crippen molar-refractivity contribution in [1.29, 1.82) is 0 Å². The quantitative estimate of drug-likeness (QED) is 0.763. The highest BCUT2D eigenvalue weighted by Crippen LogP contribution is 2.11.